The van der Waals surface area contributed by atoms with Crippen molar-refractivity contribution in [2.75, 3.05) is 41.0 Å². The van der Waals surface area contributed by atoms with Crippen molar-refractivity contribution in [1.29, 1.82) is 0 Å². The first kappa shape index (κ1) is 55.8. The van der Waals surface area contributed by atoms with Gasteiger partial charge >= 0.3 is 17.9 Å². The van der Waals surface area contributed by atoms with E-state index in [1.807, 2.05) is 21.1 Å². The van der Waals surface area contributed by atoms with Crippen LogP contribution in [-0.4, -0.2) is 80.6 Å². The number of unbranched alkanes of at least 4 members (excludes halogenated alkanes) is 26. The van der Waals surface area contributed by atoms with Gasteiger partial charge in [0, 0.05) is 19.3 Å². The number of nitrogens with zero attached hydrogens (tertiary/aromatic N) is 1. The molecule has 0 aromatic heterocycles. The van der Waals surface area contributed by atoms with E-state index in [4.69, 9.17) is 14.2 Å². The second-order valence-corrected chi connectivity index (χ2v) is 17.7. The zero-order valence-corrected chi connectivity index (χ0v) is 38.8. The number of esters is 2. The van der Waals surface area contributed by atoms with Gasteiger partial charge in [-0.2, -0.15) is 0 Å². The number of likely N-dealkylation sites (N-methyl/N-ethyl adjacent to an activating group) is 1. The molecule has 0 saturated heterocycles. The van der Waals surface area contributed by atoms with Crippen LogP contribution in [0.5, 0.6) is 0 Å². The molecular formula is C50H94NO7+. The van der Waals surface area contributed by atoms with E-state index in [9.17, 15) is 19.5 Å². The molecule has 0 aliphatic heterocycles. The van der Waals surface area contributed by atoms with Gasteiger partial charge in [0.05, 0.1) is 34.4 Å². The van der Waals surface area contributed by atoms with E-state index in [1.165, 1.54) is 148 Å². The van der Waals surface area contributed by atoms with Crippen LogP contribution in [0.1, 0.15) is 226 Å². The maximum atomic E-state index is 12.8. The molecule has 0 aromatic rings. The molecular weight excluding hydrogens is 727 g/mol. The van der Waals surface area contributed by atoms with Crippen LogP contribution < -0.4 is 0 Å². The number of ether oxygens (including phenoxy) is 3. The summed E-state index contributed by atoms with van der Waals surface area (Å²) in [6.45, 7) is 4.74. The molecule has 8 heteroatoms. The Hall–Kier alpha value is -2.19. The lowest BCUT2D eigenvalue weighted by atomic mass is 10.0. The van der Waals surface area contributed by atoms with Gasteiger partial charge in [0.1, 0.15) is 6.61 Å². The largest absolute Gasteiger partial charge is 0.477 e. The highest BCUT2D eigenvalue weighted by molar-refractivity contribution is 5.72. The summed E-state index contributed by atoms with van der Waals surface area (Å²) in [5, 5.41) is 9.63. The van der Waals surface area contributed by atoms with Crippen molar-refractivity contribution >= 4 is 17.9 Å². The molecule has 0 spiro atoms. The Morgan fingerprint density at radius 3 is 1.33 bits per heavy atom. The fourth-order valence-electron chi connectivity index (χ4n) is 7.30. The van der Waals surface area contributed by atoms with Crippen LogP contribution >= 0.6 is 0 Å². The number of rotatable bonds is 44. The van der Waals surface area contributed by atoms with E-state index < -0.39 is 18.1 Å². The normalized spacial score (nSPS) is 13.1. The highest BCUT2D eigenvalue weighted by Gasteiger charge is 2.31. The van der Waals surface area contributed by atoms with Crippen LogP contribution in [-0.2, 0) is 28.6 Å². The molecule has 2 atom stereocenters. The lowest BCUT2D eigenvalue weighted by molar-refractivity contribution is -0.887. The molecule has 0 saturated carbocycles. The van der Waals surface area contributed by atoms with E-state index in [1.54, 1.807) is 0 Å². The van der Waals surface area contributed by atoms with Gasteiger partial charge in [-0.3, -0.25) is 9.59 Å². The predicted molar refractivity (Wildman–Crippen MR) is 243 cm³/mol. The predicted octanol–water partition coefficient (Wildman–Crippen LogP) is 13.6. The Kier molecular flexibility index (Phi) is 40.0. The molecule has 0 bridgehead atoms. The van der Waals surface area contributed by atoms with Crippen molar-refractivity contribution in [2.45, 2.75) is 238 Å². The Balaban J connectivity index is 4.19. The maximum absolute atomic E-state index is 12.8. The number of quaternary nitrogens is 1. The molecule has 0 aliphatic rings. The Morgan fingerprint density at radius 2 is 0.914 bits per heavy atom. The fourth-order valence-corrected chi connectivity index (χ4v) is 7.30. The van der Waals surface area contributed by atoms with Crippen LogP contribution in [0, 0.1) is 0 Å². The summed E-state index contributed by atoms with van der Waals surface area (Å²) < 4.78 is 17.3. The monoisotopic (exact) mass is 821 g/mol. The lowest BCUT2D eigenvalue weighted by Crippen LogP contribution is -2.50. The molecule has 0 rings (SSSR count). The number of hydrogen-bond donors (Lipinski definition) is 1. The smallest absolute Gasteiger partial charge is 0.362 e. The first-order valence-electron chi connectivity index (χ1n) is 24.4. The summed E-state index contributed by atoms with van der Waals surface area (Å²) in [4.78, 5) is 37.0. The number of carboxylic acids is 1. The van der Waals surface area contributed by atoms with Crippen molar-refractivity contribution in [3.8, 4) is 0 Å². The zero-order valence-electron chi connectivity index (χ0n) is 38.8. The summed E-state index contributed by atoms with van der Waals surface area (Å²) in [6, 6.07) is -0.611. The summed E-state index contributed by atoms with van der Waals surface area (Å²) in [7, 11) is 5.54. The number of carboxylic acid groups (broad SMARTS) is 1. The minimum absolute atomic E-state index is 0.0471. The third kappa shape index (κ3) is 39.3. The average Bonchev–Trinajstić information content (AvgIpc) is 3.18. The number of aliphatic carboxylic acids is 1. The summed E-state index contributed by atoms with van der Waals surface area (Å²) in [5.74, 6) is -1.46. The van der Waals surface area contributed by atoms with Gasteiger partial charge in [-0.1, -0.05) is 186 Å². The van der Waals surface area contributed by atoms with Crippen LogP contribution in [0.3, 0.4) is 0 Å². The summed E-state index contributed by atoms with van der Waals surface area (Å²) >= 11 is 0. The molecule has 0 radical (unpaired) electrons. The Morgan fingerprint density at radius 1 is 0.517 bits per heavy atom. The van der Waals surface area contributed by atoms with Crippen molar-refractivity contribution < 1.29 is 38.2 Å². The molecule has 0 aliphatic carbocycles. The fraction of sp³-hybridized carbons (Fsp3) is 0.860. The van der Waals surface area contributed by atoms with Crippen molar-refractivity contribution in [3.05, 3.63) is 24.3 Å². The first-order chi connectivity index (χ1) is 28.1. The van der Waals surface area contributed by atoms with Crippen molar-refractivity contribution in [2.24, 2.45) is 0 Å². The third-order valence-electron chi connectivity index (χ3n) is 11.1. The van der Waals surface area contributed by atoms with Gasteiger partial charge in [-0.25, -0.2) is 4.79 Å². The maximum Gasteiger partial charge on any atom is 0.362 e. The SMILES string of the molecule is CCCCCCC/C=C\C/C=C\CCCCCCCCCCCCCC(=O)OC(COCCC(C(=O)O)[N+](C)(C)C)COC(=O)CCCCCCCCCCCCC. The lowest BCUT2D eigenvalue weighted by Gasteiger charge is -2.31. The van der Waals surface area contributed by atoms with Gasteiger partial charge in [-0.15, -0.1) is 0 Å². The van der Waals surface area contributed by atoms with E-state index in [0.29, 0.717) is 19.3 Å². The van der Waals surface area contributed by atoms with Gasteiger partial charge in [-0.05, 0) is 44.9 Å². The highest BCUT2D eigenvalue weighted by atomic mass is 16.6. The minimum atomic E-state index is -0.873. The van der Waals surface area contributed by atoms with E-state index in [-0.39, 0.29) is 36.2 Å². The van der Waals surface area contributed by atoms with Crippen molar-refractivity contribution in [3.63, 3.8) is 0 Å². The van der Waals surface area contributed by atoms with Crippen LogP contribution in [0.4, 0.5) is 0 Å². The van der Waals surface area contributed by atoms with Crippen LogP contribution in [0.25, 0.3) is 0 Å². The van der Waals surface area contributed by atoms with E-state index in [0.717, 1.165) is 44.9 Å². The van der Waals surface area contributed by atoms with Gasteiger partial charge in [0.25, 0.3) is 0 Å². The molecule has 2 unspecified atom stereocenters. The molecule has 340 valence electrons. The van der Waals surface area contributed by atoms with Gasteiger partial charge in [0.2, 0.25) is 0 Å². The molecule has 0 aromatic carbocycles. The van der Waals surface area contributed by atoms with E-state index in [2.05, 4.69) is 38.2 Å². The number of carbonyl (C=O) groups excluding carboxylic acids is 2. The molecule has 8 nitrogen and oxygen atoms in total. The number of carbonyl (C=O) groups is 3. The molecule has 0 heterocycles. The first-order valence-corrected chi connectivity index (χ1v) is 24.4. The average molecular weight is 821 g/mol. The van der Waals surface area contributed by atoms with Crippen LogP contribution in [0.2, 0.25) is 0 Å². The quantitative estimate of drug-likeness (QED) is 0.0283. The second-order valence-electron chi connectivity index (χ2n) is 17.7. The molecule has 58 heavy (non-hydrogen) atoms. The summed E-state index contributed by atoms with van der Waals surface area (Å²) in [6.07, 6.45) is 46.5. The number of hydrogen-bond acceptors (Lipinski definition) is 6. The molecule has 0 fully saturated rings. The van der Waals surface area contributed by atoms with Crippen LogP contribution in [0.15, 0.2) is 24.3 Å². The minimum Gasteiger partial charge on any atom is -0.477 e. The standard InChI is InChI=1S/C50H93NO7/c1-6-8-10-12-14-16-18-19-20-21-22-23-24-25-26-27-28-29-31-33-35-37-39-41-49(53)58-46(44-56-43-42-47(50(54)55)51(3,4)5)45-57-48(52)40-38-36-34-32-30-17-15-13-11-9-7-2/h18-19,21-22,46-47H,6-17,20,23-45H2,1-5H3/p+1/b19-18-,22-21-. The zero-order chi connectivity index (χ0) is 42.8. The van der Waals surface area contributed by atoms with Gasteiger partial charge in [0.15, 0.2) is 12.1 Å². The molecule has 1 N–H and O–H groups in total. The van der Waals surface area contributed by atoms with E-state index >= 15 is 0 Å². The second kappa shape index (κ2) is 41.5. The highest BCUT2D eigenvalue weighted by Crippen LogP contribution is 2.15. The van der Waals surface area contributed by atoms with Gasteiger partial charge < -0.3 is 23.8 Å². The number of allylic oxidation sites excluding steroid dienone is 4. The third-order valence-corrected chi connectivity index (χ3v) is 11.1. The Labute approximate surface area is 358 Å². The summed E-state index contributed by atoms with van der Waals surface area (Å²) in [5.41, 5.74) is 0. The topological polar surface area (TPSA) is 99.1 Å². The Bertz CT molecular complexity index is 1000. The molecule has 0 amide bonds. The van der Waals surface area contributed by atoms with Crippen molar-refractivity contribution in [1.82, 2.24) is 0 Å².